The van der Waals surface area contributed by atoms with Crippen LogP contribution in [-0.2, 0) is 17.3 Å². The van der Waals surface area contributed by atoms with Crippen LogP contribution < -0.4 is 0 Å². The highest BCUT2D eigenvalue weighted by Crippen LogP contribution is 2.44. The van der Waals surface area contributed by atoms with E-state index in [2.05, 4.69) is 30.6 Å². The average molecular weight is 498 g/mol. The minimum absolute atomic E-state index is 0.000138. The average Bonchev–Trinajstić information content (AvgIpc) is 2.83. The lowest BCUT2D eigenvalue weighted by Crippen LogP contribution is -2.50. The van der Waals surface area contributed by atoms with E-state index in [4.69, 9.17) is 11.6 Å². The van der Waals surface area contributed by atoms with Crippen molar-refractivity contribution in [3.05, 3.63) is 106 Å². The Morgan fingerprint density at radius 1 is 0.857 bits per heavy atom. The van der Waals surface area contributed by atoms with Crippen LogP contribution in [0.2, 0.25) is 5.02 Å². The summed E-state index contributed by atoms with van der Waals surface area (Å²) >= 11 is 5.82. The van der Waals surface area contributed by atoms with Gasteiger partial charge in [-0.25, -0.2) is 0 Å². The Labute approximate surface area is 209 Å². The number of hydrogen-bond acceptors (Lipinski definition) is 2. The largest absolute Gasteiger partial charge is 0.416 e. The van der Waals surface area contributed by atoms with Crippen LogP contribution in [0.3, 0.4) is 0 Å². The standard InChI is InChI=1S/C29H27ClF3NO/c1-27(2,23-12-10-22(11-13-23)9-8-21-6-4-3-5-7-21)34-18-16-28(35,17-19-34)25-15-14-24(30)20-26(25)29(31,32)33/h3-7,10-15,20,35H,16-19H2,1-2H3. The quantitative estimate of drug-likeness (QED) is 0.395. The molecule has 0 bridgehead atoms. The molecule has 1 heterocycles. The molecule has 1 fully saturated rings. The van der Waals surface area contributed by atoms with Crippen LogP contribution in [-0.4, -0.2) is 23.1 Å². The second-order valence-electron chi connectivity index (χ2n) is 9.46. The monoisotopic (exact) mass is 497 g/mol. The van der Waals surface area contributed by atoms with Crippen molar-refractivity contribution < 1.29 is 18.3 Å². The van der Waals surface area contributed by atoms with E-state index in [1.807, 2.05) is 54.6 Å². The zero-order valence-corrected chi connectivity index (χ0v) is 20.4. The van der Waals surface area contributed by atoms with E-state index in [0.29, 0.717) is 13.1 Å². The first-order chi connectivity index (χ1) is 16.5. The van der Waals surface area contributed by atoms with Crippen molar-refractivity contribution in [1.29, 1.82) is 0 Å². The second kappa shape index (κ2) is 9.70. The molecule has 3 aromatic carbocycles. The molecule has 0 saturated carbocycles. The molecule has 1 N–H and O–H groups in total. The third kappa shape index (κ3) is 5.56. The molecule has 0 atom stereocenters. The van der Waals surface area contributed by atoms with Crippen LogP contribution in [0.1, 0.15) is 54.5 Å². The van der Waals surface area contributed by atoms with Gasteiger partial charge in [0.15, 0.2) is 0 Å². The van der Waals surface area contributed by atoms with E-state index in [0.717, 1.165) is 22.8 Å². The Kier molecular flexibility index (Phi) is 7.02. The first kappa shape index (κ1) is 25.3. The van der Waals surface area contributed by atoms with Gasteiger partial charge in [0, 0.05) is 34.8 Å². The van der Waals surface area contributed by atoms with Crippen molar-refractivity contribution in [2.45, 2.75) is 44.0 Å². The Balaban J connectivity index is 1.49. The minimum atomic E-state index is -4.59. The Morgan fingerprint density at radius 2 is 1.43 bits per heavy atom. The van der Waals surface area contributed by atoms with Crippen molar-refractivity contribution in [1.82, 2.24) is 4.90 Å². The predicted octanol–water partition coefficient (Wildman–Crippen LogP) is 6.98. The molecule has 1 saturated heterocycles. The van der Waals surface area contributed by atoms with Gasteiger partial charge in [0.1, 0.15) is 0 Å². The molecule has 0 unspecified atom stereocenters. The maximum Gasteiger partial charge on any atom is 0.416 e. The van der Waals surface area contributed by atoms with Crippen molar-refractivity contribution in [2.75, 3.05) is 13.1 Å². The highest BCUT2D eigenvalue weighted by Gasteiger charge is 2.44. The highest BCUT2D eigenvalue weighted by atomic mass is 35.5. The van der Waals surface area contributed by atoms with E-state index < -0.39 is 17.3 Å². The number of aliphatic hydroxyl groups is 1. The SMILES string of the molecule is CC(C)(c1ccc(C#Cc2ccccc2)cc1)N1CCC(O)(c2ccc(Cl)cc2C(F)(F)F)CC1. The fourth-order valence-electron chi connectivity index (χ4n) is 4.67. The molecule has 182 valence electrons. The van der Waals surface area contributed by atoms with Gasteiger partial charge in [0.05, 0.1) is 11.2 Å². The number of hydrogen-bond donors (Lipinski definition) is 1. The fourth-order valence-corrected chi connectivity index (χ4v) is 4.84. The lowest BCUT2D eigenvalue weighted by molar-refractivity contribution is -0.142. The molecule has 35 heavy (non-hydrogen) atoms. The summed E-state index contributed by atoms with van der Waals surface area (Å²) in [5, 5.41) is 11.2. The molecule has 0 spiro atoms. The van der Waals surface area contributed by atoms with Crippen molar-refractivity contribution in [3.63, 3.8) is 0 Å². The smallest absolute Gasteiger partial charge is 0.385 e. The summed E-state index contributed by atoms with van der Waals surface area (Å²) in [6.45, 7) is 5.09. The molecule has 0 aliphatic carbocycles. The third-order valence-electron chi connectivity index (χ3n) is 6.89. The number of rotatable bonds is 3. The number of nitrogens with zero attached hydrogens (tertiary/aromatic N) is 1. The molecule has 1 aliphatic heterocycles. The van der Waals surface area contributed by atoms with E-state index in [1.165, 1.54) is 12.1 Å². The van der Waals surface area contributed by atoms with E-state index >= 15 is 0 Å². The number of halogens is 4. The summed E-state index contributed by atoms with van der Waals surface area (Å²) in [5.74, 6) is 6.32. The van der Waals surface area contributed by atoms with Crippen LogP contribution in [0, 0.1) is 11.8 Å². The zero-order valence-electron chi connectivity index (χ0n) is 19.7. The molecule has 6 heteroatoms. The van der Waals surface area contributed by atoms with Crippen LogP contribution in [0.25, 0.3) is 0 Å². The summed E-state index contributed by atoms with van der Waals surface area (Å²) < 4.78 is 40.9. The van der Waals surface area contributed by atoms with Gasteiger partial charge in [-0.1, -0.05) is 59.8 Å². The number of benzene rings is 3. The van der Waals surface area contributed by atoms with Crippen molar-refractivity contribution in [3.8, 4) is 11.8 Å². The molecule has 3 aromatic rings. The molecule has 4 rings (SSSR count). The lowest BCUT2D eigenvalue weighted by atomic mass is 9.79. The first-order valence-electron chi connectivity index (χ1n) is 11.5. The van der Waals surface area contributed by atoms with Gasteiger partial charge >= 0.3 is 6.18 Å². The topological polar surface area (TPSA) is 23.5 Å². The summed E-state index contributed by atoms with van der Waals surface area (Å²) in [4.78, 5) is 2.20. The van der Waals surface area contributed by atoms with Crippen molar-refractivity contribution in [2.24, 2.45) is 0 Å². The number of alkyl halides is 3. The van der Waals surface area contributed by atoms with Gasteiger partial charge < -0.3 is 5.11 Å². The van der Waals surface area contributed by atoms with Crippen LogP contribution in [0.5, 0.6) is 0 Å². The van der Waals surface area contributed by atoms with Gasteiger partial charge in [-0.05, 0) is 74.2 Å². The number of likely N-dealkylation sites (tertiary alicyclic amines) is 1. The Bertz CT molecular complexity index is 1230. The van der Waals surface area contributed by atoms with E-state index in [9.17, 15) is 18.3 Å². The summed E-state index contributed by atoms with van der Waals surface area (Å²) in [6, 6.07) is 21.4. The van der Waals surface area contributed by atoms with E-state index in [-0.39, 0.29) is 29.0 Å². The normalized spacial score (nSPS) is 16.4. The molecular formula is C29H27ClF3NO. The van der Waals surface area contributed by atoms with Gasteiger partial charge in [-0.3, -0.25) is 4.90 Å². The summed E-state index contributed by atoms with van der Waals surface area (Å²) in [7, 11) is 0. The second-order valence-corrected chi connectivity index (χ2v) is 9.90. The van der Waals surface area contributed by atoms with Crippen LogP contribution in [0.15, 0.2) is 72.8 Å². The van der Waals surface area contributed by atoms with Gasteiger partial charge in [-0.2, -0.15) is 13.2 Å². The van der Waals surface area contributed by atoms with E-state index in [1.54, 1.807) is 0 Å². The number of piperidine rings is 1. The molecule has 0 radical (unpaired) electrons. The van der Waals surface area contributed by atoms with Gasteiger partial charge in [-0.15, -0.1) is 0 Å². The van der Waals surface area contributed by atoms with Crippen LogP contribution >= 0.6 is 11.6 Å². The molecule has 0 amide bonds. The van der Waals surface area contributed by atoms with Crippen LogP contribution in [0.4, 0.5) is 13.2 Å². The summed E-state index contributed by atoms with van der Waals surface area (Å²) in [6.07, 6.45) is -4.19. The lowest BCUT2D eigenvalue weighted by Gasteiger charge is -2.46. The highest BCUT2D eigenvalue weighted by molar-refractivity contribution is 6.30. The molecule has 1 aliphatic rings. The molecule has 2 nitrogen and oxygen atoms in total. The summed E-state index contributed by atoms with van der Waals surface area (Å²) in [5.41, 5.74) is 0.0468. The fraction of sp³-hybridized carbons (Fsp3) is 0.310. The maximum absolute atomic E-state index is 13.6. The third-order valence-corrected chi connectivity index (χ3v) is 7.12. The molecular weight excluding hydrogens is 471 g/mol. The van der Waals surface area contributed by atoms with Crippen molar-refractivity contribution >= 4 is 11.6 Å². The first-order valence-corrected chi connectivity index (χ1v) is 11.9. The maximum atomic E-state index is 13.6. The minimum Gasteiger partial charge on any atom is -0.385 e. The van der Waals surface area contributed by atoms with Gasteiger partial charge in [0.25, 0.3) is 0 Å². The predicted molar refractivity (Wildman–Crippen MR) is 133 cm³/mol. The Morgan fingerprint density at radius 3 is 2.00 bits per heavy atom. The Hall–Kier alpha value is -2.78. The van der Waals surface area contributed by atoms with Gasteiger partial charge in [0.2, 0.25) is 0 Å². The molecule has 0 aromatic heterocycles. The zero-order chi connectivity index (χ0) is 25.3.